The van der Waals surface area contributed by atoms with E-state index >= 15 is 0 Å². The molecule has 0 aromatic heterocycles. The van der Waals surface area contributed by atoms with E-state index in [2.05, 4.69) is 14.2 Å². The Morgan fingerprint density at radius 1 is 0.714 bits per heavy atom. The van der Waals surface area contributed by atoms with Crippen LogP contribution in [0, 0.1) is 0 Å². The quantitative estimate of drug-likeness (QED) is 0.400. The molecule has 148 valence electrons. The fourth-order valence-electron chi connectivity index (χ4n) is 2.18. The van der Waals surface area contributed by atoms with Crippen LogP contribution in [-0.4, -0.2) is 47.7 Å². The lowest BCUT2D eigenvalue weighted by molar-refractivity contribution is 0.0587. The van der Waals surface area contributed by atoms with Gasteiger partial charge in [0.05, 0.1) is 38.0 Å². The van der Waals surface area contributed by atoms with E-state index < -0.39 is 32.9 Å². The predicted molar refractivity (Wildman–Crippen MR) is 94.7 cm³/mol. The van der Waals surface area contributed by atoms with Crippen molar-refractivity contribution in [2.75, 3.05) is 21.3 Å². The van der Waals surface area contributed by atoms with E-state index in [9.17, 15) is 22.8 Å². The monoisotopic (exact) mass is 408 g/mol. The molecule has 0 aliphatic carbocycles. The first kappa shape index (κ1) is 20.9. The van der Waals surface area contributed by atoms with Crippen LogP contribution in [0.1, 0.15) is 31.1 Å². The summed E-state index contributed by atoms with van der Waals surface area (Å²) in [6.45, 7) is 0. The molecule has 0 atom stereocenters. The second kappa shape index (κ2) is 8.53. The molecule has 10 heteroatoms. The van der Waals surface area contributed by atoms with Crippen LogP contribution in [0.5, 0.6) is 5.75 Å². The molecule has 28 heavy (non-hydrogen) atoms. The van der Waals surface area contributed by atoms with E-state index in [-0.39, 0.29) is 22.4 Å². The van der Waals surface area contributed by atoms with Gasteiger partial charge in [0.1, 0.15) is 10.6 Å². The van der Waals surface area contributed by atoms with Crippen LogP contribution in [0.2, 0.25) is 0 Å². The maximum atomic E-state index is 12.6. The average molecular weight is 408 g/mol. The molecule has 0 saturated carbocycles. The molecule has 2 rings (SSSR count). The number of esters is 3. The Bertz CT molecular complexity index is 991. The van der Waals surface area contributed by atoms with Crippen molar-refractivity contribution < 1.29 is 41.2 Å². The molecule has 0 spiro atoms. The van der Waals surface area contributed by atoms with Crippen LogP contribution in [0.4, 0.5) is 0 Å². The highest BCUT2D eigenvalue weighted by Gasteiger charge is 2.23. The molecule has 0 N–H and O–H groups in total. The van der Waals surface area contributed by atoms with Crippen LogP contribution in [0.25, 0.3) is 0 Å². The maximum Gasteiger partial charge on any atom is 0.339 e. The fraction of sp³-hybridized carbons (Fsp3) is 0.167. The van der Waals surface area contributed by atoms with Gasteiger partial charge in [0.25, 0.3) is 0 Å². The summed E-state index contributed by atoms with van der Waals surface area (Å²) in [5.41, 5.74) is -0.291. The van der Waals surface area contributed by atoms with Crippen molar-refractivity contribution >= 4 is 28.0 Å². The van der Waals surface area contributed by atoms with Crippen molar-refractivity contribution in [2.45, 2.75) is 4.90 Å². The lowest BCUT2D eigenvalue weighted by Crippen LogP contribution is -2.14. The summed E-state index contributed by atoms with van der Waals surface area (Å²) in [4.78, 5) is 34.7. The lowest BCUT2D eigenvalue weighted by Gasteiger charge is -2.10. The predicted octanol–water partition coefficient (Wildman–Crippen LogP) is 1.81. The van der Waals surface area contributed by atoms with Gasteiger partial charge in [-0.25, -0.2) is 14.4 Å². The van der Waals surface area contributed by atoms with E-state index in [0.717, 1.165) is 32.4 Å². The minimum absolute atomic E-state index is 0.0776. The van der Waals surface area contributed by atoms with Crippen LogP contribution in [0.15, 0.2) is 47.4 Å². The van der Waals surface area contributed by atoms with Gasteiger partial charge in [0.15, 0.2) is 0 Å². The minimum atomic E-state index is -4.46. The molecule has 0 aliphatic rings. The molecule has 0 radical (unpaired) electrons. The maximum absolute atomic E-state index is 12.6. The molecule has 0 saturated heterocycles. The highest BCUT2D eigenvalue weighted by atomic mass is 32.2. The number of carbonyl (C=O) groups excluding carboxylic acids is 3. The number of ether oxygens (including phenoxy) is 3. The Balaban J connectivity index is 2.48. The molecule has 0 aliphatic heterocycles. The molecule has 0 amide bonds. The zero-order valence-corrected chi connectivity index (χ0v) is 15.9. The Labute approximate surface area is 160 Å². The van der Waals surface area contributed by atoms with Crippen molar-refractivity contribution in [1.82, 2.24) is 0 Å². The first-order valence-corrected chi connectivity index (χ1v) is 9.07. The molecule has 0 fully saturated rings. The summed E-state index contributed by atoms with van der Waals surface area (Å²) >= 11 is 0. The van der Waals surface area contributed by atoms with Crippen molar-refractivity contribution in [2.24, 2.45) is 0 Å². The van der Waals surface area contributed by atoms with Crippen LogP contribution in [-0.2, 0) is 24.3 Å². The number of carbonyl (C=O) groups is 3. The molecule has 0 heterocycles. The largest absolute Gasteiger partial charge is 0.465 e. The van der Waals surface area contributed by atoms with Gasteiger partial charge in [0, 0.05) is 0 Å². The second-order valence-electron chi connectivity index (χ2n) is 5.29. The standard InChI is InChI=1S/C18H16O9S/c1-24-16(19)11-5-4-6-14(8-11)27-28(22,23)15-9-12(17(20)25-2)7-13(10-15)18(21)26-3/h4-10H,1-3H3. The van der Waals surface area contributed by atoms with E-state index in [1.54, 1.807) is 0 Å². The van der Waals surface area contributed by atoms with Crippen LogP contribution < -0.4 is 4.18 Å². The van der Waals surface area contributed by atoms with E-state index in [1.807, 2.05) is 0 Å². The minimum Gasteiger partial charge on any atom is -0.465 e. The number of methoxy groups -OCH3 is 3. The zero-order chi connectivity index (χ0) is 20.9. The van der Waals surface area contributed by atoms with E-state index in [4.69, 9.17) is 4.18 Å². The van der Waals surface area contributed by atoms with Gasteiger partial charge in [-0.05, 0) is 36.4 Å². The summed E-state index contributed by atoms with van der Waals surface area (Å²) in [5, 5.41) is 0. The number of hydrogen-bond acceptors (Lipinski definition) is 9. The molecule has 2 aromatic carbocycles. The third-order valence-electron chi connectivity index (χ3n) is 3.50. The SMILES string of the molecule is COC(=O)c1cccc(OS(=O)(=O)c2cc(C(=O)OC)cc(C(=O)OC)c2)c1. The third-order valence-corrected chi connectivity index (χ3v) is 4.72. The van der Waals surface area contributed by atoms with Crippen LogP contribution >= 0.6 is 0 Å². The van der Waals surface area contributed by atoms with Gasteiger partial charge in [-0.15, -0.1) is 0 Å². The molecule has 2 aromatic rings. The fourth-order valence-corrected chi connectivity index (χ4v) is 3.18. The molecular weight excluding hydrogens is 392 g/mol. The Hall–Kier alpha value is -3.40. The molecule has 0 bridgehead atoms. The smallest absolute Gasteiger partial charge is 0.339 e. The molecule has 9 nitrogen and oxygen atoms in total. The first-order chi connectivity index (χ1) is 13.2. The summed E-state index contributed by atoms with van der Waals surface area (Å²) in [6, 6.07) is 8.44. The van der Waals surface area contributed by atoms with Crippen molar-refractivity contribution in [1.29, 1.82) is 0 Å². The van der Waals surface area contributed by atoms with Gasteiger partial charge in [0.2, 0.25) is 0 Å². The second-order valence-corrected chi connectivity index (χ2v) is 6.83. The van der Waals surface area contributed by atoms with Gasteiger partial charge in [-0.3, -0.25) is 0 Å². The molecular formula is C18H16O9S. The normalized spacial score (nSPS) is 10.7. The van der Waals surface area contributed by atoms with Crippen LogP contribution in [0.3, 0.4) is 0 Å². The summed E-state index contributed by atoms with van der Waals surface area (Å²) in [5.74, 6) is -2.54. The number of benzene rings is 2. The lowest BCUT2D eigenvalue weighted by atomic mass is 10.1. The van der Waals surface area contributed by atoms with E-state index in [0.29, 0.717) is 0 Å². The zero-order valence-electron chi connectivity index (χ0n) is 15.1. The van der Waals surface area contributed by atoms with Crippen molar-refractivity contribution in [3.05, 3.63) is 59.2 Å². The number of rotatable bonds is 6. The Kier molecular flexibility index (Phi) is 6.37. The van der Waals surface area contributed by atoms with Crippen molar-refractivity contribution in [3.63, 3.8) is 0 Å². The first-order valence-electron chi connectivity index (χ1n) is 7.66. The highest BCUT2D eigenvalue weighted by Crippen LogP contribution is 2.23. The highest BCUT2D eigenvalue weighted by molar-refractivity contribution is 7.87. The van der Waals surface area contributed by atoms with Gasteiger partial charge < -0.3 is 18.4 Å². The number of hydrogen-bond donors (Lipinski definition) is 0. The summed E-state index contributed by atoms with van der Waals surface area (Å²) < 4.78 is 44.0. The Morgan fingerprint density at radius 2 is 1.21 bits per heavy atom. The Morgan fingerprint density at radius 3 is 1.71 bits per heavy atom. The third kappa shape index (κ3) is 4.65. The van der Waals surface area contributed by atoms with Crippen molar-refractivity contribution in [3.8, 4) is 5.75 Å². The summed E-state index contributed by atoms with van der Waals surface area (Å²) in [7, 11) is -1.06. The van der Waals surface area contributed by atoms with Gasteiger partial charge in [-0.2, -0.15) is 8.42 Å². The van der Waals surface area contributed by atoms with Gasteiger partial charge >= 0.3 is 28.0 Å². The van der Waals surface area contributed by atoms with Gasteiger partial charge in [-0.1, -0.05) is 6.07 Å². The van der Waals surface area contributed by atoms with E-state index in [1.165, 1.54) is 31.4 Å². The topological polar surface area (TPSA) is 122 Å². The molecule has 0 unspecified atom stereocenters. The average Bonchev–Trinajstić information content (AvgIpc) is 2.71. The summed E-state index contributed by atoms with van der Waals surface area (Å²) in [6.07, 6.45) is 0.